The quantitative estimate of drug-likeness (QED) is 0.614. The summed E-state index contributed by atoms with van der Waals surface area (Å²) in [5, 5.41) is 3.70. The molecule has 0 atom stereocenters. The van der Waals surface area contributed by atoms with E-state index in [-0.39, 0.29) is 11.4 Å². The molecule has 4 nitrogen and oxygen atoms in total. The lowest BCUT2D eigenvalue weighted by Gasteiger charge is -2.39. The number of fused-ring (bicyclic) bond motifs is 2. The lowest BCUT2D eigenvalue weighted by molar-refractivity contribution is 0.180. The van der Waals surface area contributed by atoms with Crippen LogP contribution in [0.1, 0.15) is 37.8 Å². The fourth-order valence-electron chi connectivity index (χ4n) is 4.59. The third-order valence-electron chi connectivity index (χ3n) is 6.39. The summed E-state index contributed by atoms with van der Waals surface area (Å²) >= 11 is 5.98. The van der Waals surface area contributed by atoms with Gasteiger partial charge in [0.2, 0.25) is 0 Å². The number of carbonyl (C=O) groups excluding carboxylic acids is 1. The van der Waals surface area contributed by atoms with Gasteiger partial charge in [0.25, 0.3) is 0 Å². The maximum Gasteiger partial charge on any atom is 0.326 e. The highest BCUT2D eigenvalue weighted by Gasteiger charge is 2.46. The van der Waals surface area contributed by atoms with Crippen LogP contribution < -0.4 is 10.2 Å². The van der Waals surface area contributed by atoms with Crippen LogP contribution in [0.4, 0.5) is 16.2 Å². The van der Waals surface area contributed by atoms with Crippen molar-refractivity contribution in [2.24, 2.45) is 0 Å². The van der Waals surface area contributed by atoms with Crippen molar-refractivity contribution in [2.45, 2.75) is 39.0 Å². The molecular weight excluding hydrogens is 394 g/mol. The van der Waals surface area contributed by atoms with Gasteiger partial charge in [0.15, 0.2) is 0 Å². The molecule has 0 bridgehead atoms. The molecule has 1 spiro atoms. The molecule has 2 amide bonds. The molecular formula is C25H30ClN3O. The molecule has 0 saturated carbocycles. The normalized spacial score (nSPS) is 17.7. The highest BCUT2D eigenvalue weighted by atomic mass is 35.5. The highest BCUT2D eigenvalue weighted by Crippen LogP contribution is 2.47. The van der Waals surface area contributed by atoms with Crippen LogP contribution in [0.15, 0.2) is 54.1 Å². The van der Waals surface area contributed by atoms with E-state index in [1.807, 2.05) is 17.0 Å². The summed E-state index contributed by atoms with van der Waals surface area (Å²) in [6, 6.07) is 13.7. The van der Waals surface area contributed by atoms with Crippen LogP contribution in [0.25, 0.3) is 0 Å². The van der Waals surface area contributed by atoms with Gasteiger partial charge in [-0.15, -0.1) is 0 Å². The number of anilines is 2. The van der Waals surface area contributed by atoms with Crippen LogP contribution in [0.5, 0.6) is 0 Å². The number of allylic oxidation sites excluding steroid dienone is 1. The van der Waals surface area contributed by atoms with Crippen LogP contribution in [-0.4, -0.2) is 37.1 Å². The van der Waals surface area contributed by atoms with Gasteiger partial charge >= 0.3 is 6.03 Å². The Balaban J connectivity index is 1.55. The second kappa shape index (κ2) is 8.44. The molecule has 2 aliphatic heterocycles. The number of benzene rings is 2. The van der Waals surface area contributed by atoms with Crippen LogP contribution >= 0.6 is 11.6 Å². The molecule has 2 aromatic rings. The number of nitrogens with one attached hydrogen (secondary N) is 1. The van der Waals surface area contributed by atoms with Gasteiger partial charge in [-0.25, -0.2) is 4.79 Å². The Kier molecular flexibility index (Phi) is 5.90. The Morgan fingerprint density at radius 3 is 2.50 bits per heavy atom. The first-order chi connectivity index (χ1) is 14.4. The first-order valence-electron chi connectivity index (χ1n) is 10.7. The van der Waals surface area contributed by atoms with E-state index in [1.165, 1.54) is 16.7 Å². The third kappa shape index (κ3) is 4.26. The summed E-state index contributed by atoms with van der Waals surface area (Å²) in [5.74, 6) is 0. The van der Waals surface area contributed by atoms with Gasteiger partial charge < -0.3 is 5.32 Å². The second-order valence-electron chi connectivity index (χ2n) is 8.91. The minimum Gasteiger partial charge on any atom is -0.308 e. The molecule has 1 fully saturated rings. The molecule has 0 radical (unpaired) electrons. The Bertz CT molecular complexity index is 955. The van der Waals surface area contributed by atoms with Crippen molar-refractivity contribution in [3.05, 3.63) is 70.3 Å². The van der Waals surface area contributed by atoms with Crippen LogP contribution in [-0.2, 0) is 5.41 Å². The molecule has 2 heterocycles. The molecule has 5 heteroatoms. The summed E-state index contributed by atoms with van der Waals surface area (Å²) < 4.78 is 0. The van der Waals surface area contributed by atoms with Crippen molar-refractivity contribution >= 4 is 29.0 Å². The lowest BCUT2D eigenvalue weighted by Crippen LogP contribution is -2.46. The van der Waals surface area contributed by atoms with E-state index in [0.29, 0.717) is 5.02 Å². The maximum absolute atomic E-state index is 13.2. The van der Waals surface area contributed by atoms with Gasteiger partial charge in [-0.3, -0.25) is 9.80 Å². The van der Waals surface area contributed by atoms with Crippen molar-refractivity contribution in [3.8, 4) is 0 Å². The Morgan fingerprint density at radius 2 is 1.83 bits per heavy atom. The van der Waals surface area contributed by atoms with Gasteiger partial charge in [0.05, 0.1) is 0 Å². The summed E-state index contributed by atoms with van der Waals surface area (Å²) in [6.45, 7) is 10.3. The minimum absolute atomic E-state index is 0.0418. The van der Waals surface area contributed by atoms with Crippen LogP contribution in [0.2, 0.25) is 5.02 Å². The molecule has 0 unspecified atom stereocenters. The zero-order chi connectivity index (χ0) is 21.3. The molecule has 4 rings (SSSR count). The predicted molar refractivity (Wildman–Crippen MR) is 126 cm³/mol. The number of carbonyl (C=O) groups is 1. The number of likely N-dealkylation sites (tertiary alicyclic amines) is 1. The summed E-state index contributed by atoms with van der Waals surface area (Å²) in [7, 11) is 0. The molecule has 0 aromatic heterocycles. The predicted octanol–water partition coefficient (Wildman–Crippen LogP) is 6.00. The summed E-state index contributed by atoms with van der Waals surface area (Å²) in [4.78, 5) is 17.6. The highest BCUT2D eigenvalue weighted by molar-refractivity contribution is 6.30. The van der Waals surface area contributed by atoms with Crippen molar-refractivity contribution in [3.63, 3.8) is 0 Å². The Labute approximate surface area is 184 Å². The Hall–Kier alpha value is -2.30. The number of nitrogens with zero attached hydrogens (tertiary/aromatic N) is 2. The van der Waals surface area contributed by atoms with Crippen LogP contribution in [0.3, 0.4) is 0 Å². The molecule has 2 aliphatic rings. The molecule has 1 N–H and O–H groups in total. The average Bonchev–Trinajstić information content (AvgIpc) is 3.03. The smallest absolute Gasteiger partial charge is 0.308 e. The zero-order valence-corrected chi connectivity index (χ0v) is 18.8. The number of hydrogen-bond acceptors (Lipinski definition) is 2. The number of aryl methyl sites for hydroxylation is 1. The van der Waals surface area contributed by atoms with E-state index < -0.39 is 0 Å². The zero-order valence-electron chi connectivity index (χ0n) is 18.0. The second-order valence-corrected chi connectivity index (χ2v) is 9.34. The monoisotopic (exact) mass is 423 g/mol. The SMILES string of the molecule is CC(C)=CCN1CCC2(CC1)CN(C(=O)Nc1ccc(Cl)cc1)c1ccc(C)cc12. The standard InChI is InChI=1S/C25H30ClN3O/c1-18(2)10-13-28-14-11-25(12-15-28)17-29(23-9-4-19(3)16-22(23)25)24(30)27-21-7-5-20(26)6-8-21/h4-10,16H,11-15,17H2,1-3H3,(H,27,30). The number of halogens is 1. The molecule has 158 valence electrons. The summed E-state index contributed by atoms with van der Waals surface area (Å²) in [5.41, 5.74) is 5.79. The number of hydrogen-bond donors (Lipinski definition) is 1. The Morgan fingerprint density at radius 1 is 1.13 bits per heavy atom. The largest absolute Gasteiger partial charge is 0.326 e. The van der Waals surface area contributed by atoms with E-state index in [0.717, 1.165) is 50.4 Å². The molecule has 1 saturated heterocycles. The lowest BCUT2D eigenvalue weighted by atomic mass is 9.74. The van der Waals surface area contributed by atoms with Gasteiger partial charge in [0, 0.05) is 34.9 Å². The van der Waals surface area contributed by atoms with Crippen molar-refractivity contribution in [1.29, 1.82) is 0 Å². The van der Waals surface area contributed by atoms with Gasteiger partial charge in [0.1, 0.15) is 0 Å². The van der Waals surface area contributed by atoms with E-state index in [4.69, 9.17) is 11.6 Å². The van der Waals surface area contributed by atoms with Crippen LogP contribution in [0, 0.1) is 6.92 Å². The van der Waals surface area contributed by atoms with Crippen molar-refractivity contribution in [2.75, 3.05) is 36.4 Å². The molecule has 30 heavy (non-hydrogen) atoms. The summed E-state index contributed by atoms with van der Waals surface area (Å²) in [6.07, 6.45) is 4.45. The number of piperidine rings is 1. The van der Waals surface area contributed by atoms with Gasteiger partial charge in [-0.05, 0) is 82.6 Å². The van der Waals surface area contributed by atoms with Gasteiger partial charge in [-0.1, -0.05) is 40.9 Å². The fraction of sp³-hybridized carbons (Fsp3) is 0.400. The van der Waals surface area contributed by atoms with E-state index in [2.05, 4.69) is 55.3 Å². The maximum atomic E-state index is 13.2. The van der Waals surface area contributed by atoms with Crippen molar-refractivity contribution < 1.29 is 4.79 Å². The average molecular weight is 424 g/mol. The molecule has 0 aliphatic carbocycles. The van der Waals surface area contributed by atoms with E-state index in [9.17, 15) is 4.79 Å². The first-order valence-corrected chi connectivity index (χ1v) is 11.1. The van der Waals surface area contributed by atoms with Gasteiger partial charge in [-0.2, -0.15) is 0 Å². The first kappa shape index (κ1) is 21.0. The topological polar surface area (TPSA) is 35.6 Å². The molecule has 2 aromatic carbocycles. The van der Waals surface area contributed by atoms with E-state index in [1.54, 1.807) is 12.1 Å². The minimum atomic E-state index is -0.0775. The van der Waals surface area contributed by atoms with Crippen molar-refractivity contribution in [1.82, 2.24) is 4.90 Å². The number of amides is 2. The number of rotatable bonds is 3. The van der Waals surface area contributed by atoms with E-state index >= 15 is 0 Å². The third-order valence-corrected chi connectivity index (χ3v) is 6.64. The fourth-order valence-corrected chi connectivity index (χ4v) is 4.72. The number of urea groups is 1.